The summed E-state index contributed by atoms with van der Waals surface area (Å²) in [4.78, 5) is 14.3. The molecule has 0 atom stereocenters. The van der Waals surface area contributed by atoms with E-state index < -0.39 is 0 Å². The fourth-order valence-corrected chi connectivity index (χ4v) is 3.70. The number of aromatic nitrogens is 3. The van der Waals surface area contributed by atoms with Gasteiger partial charge in [0.2, 0.25) is 5.91 Å². The van der Waals surface area contributed by atoms with Crippen LogP contribution in [-0.4, -0.2) is 44.4 Å². The van der Waals surface area contributed by atoms with Gasteiger partial charge in [-0.15, -0.1) is 10.2 Å². The standard InChI is InChI=1S/C17H21FN4OS/c1-12-7-9-21(10-8-12)16(23)11-24-17-20-19-13(2)22(17)15-5-3-14(18)4-6-15/h3-6,12H,7-11H2,1-2H3. The Labute approximate surface area is 145 Å². The Hall–Kier alpha value is -1.89. The van der Waals surface area contributed by atoms with Gasteiger partial charge in [-0.3, -0.25) is 9.36 Å². The number of likely N-dealkylation sites (tertiary alicyclic amines) is 1. The molecule has 0 aliphatic carbocycles. The maximum absolute atomic E-state index is 13.1. The Balaban J connectivity index is 1.68. The summed E-state index contributed by atoms with van der Waals surface area (Å²) in [6.07, 6.45) is 2.14. The zero-order chi connectivity index (χ0) is 17.1. The van der Waals surface area contributed by atoms with Crippen molar-refractivity contribution in [2.45, 2.75) is 31.8 Å². The molecule has 2 heterocycles. The van der Waals surface area contributed by atoms with Crippen molar-refractivity contribution in [3.63, 3.8) is 0 Å². The van der Waals surface area contributed by atoms with Crippen molar-refractivity contribution in [3.05, 3.63) is 35.9 Å². The molecule has 0 spiro atoms. The molecule has 5 nitrogen and oxygen atoms in total. The fraction of sp³-hybridized carbons (Fsp3) is 0.471. The summed E-state index contributed by atoms with van der Waals surface area (Å²) in [5.41, 5.74) is 0.792. The summed E-state index contributed by atoms with van der Waals surface area (Å²) in [7, 11) is 0. The van der Waals surface area contributed by atoms with Crippen LogP contribution in [0.1, 0.15) is 25.6 Å². The number of amides is 1. The molecule has 1 aliphatic heterocycles. The van der Waals surface area contributed by atoms with Crippen LogP contribution in [0.15, 0.2) is 29.4 Å². The second-order valence-electron chi connectivity index (χ2n) is 6.19. The summed E-state index contributed by atoms with van der Waals surface area (Å²) >= 11 is 1.37. The van der Waals surface area contributed by atoms with E-state index in [9.17, 15) is 9.18 Å². The van der Waals surface area contributed by atoms with Gasteiger partial charge in [0.15, 0.2) is 5.16 Å². The van der Waals surface area contributed by atoms with E-state index in [2.05, 4.69) is 17.1 Å². The molecule has 24 heavy (non-hydrogen) atoms. The topological polar surface area (TPSA) is 51.0 Å². The van der Waals surface area contributed by atoms with Crippen molar-refractivity contribution in [3.8, 4) is 5.69 Å². The number of thioether (sulfide) groups is 1. The highest BCUT2D eigenvalue weighted by molar-refractivity contribution is 7.99. The van der Waals surface area contributed by atoms with Crippen molar-refractivity contribution in [1.82, 2.24) is 19.7 Å². The predicted molar refractivity (Wildman–Crippen MR) is 91.8 cm³/mol. The quantitative estimate of drug-likeness (QED) is 0.797. The molecule has 1 aromatic carbocycles. The predicted octanol–water partition coefficient (Wildman–Crippen LogP) is 3.07. The fourth-order valence-electron chi connectivity index (χ4n) is 2.80. The number of aryl methyl sites for hydroxylation is 1. The van der Waals surface area contributed by atoms with Crippen molar-refractivity contribution in [1.29, 1.82) is 0 Å². The minimum absolute atomic E-state index is 0.137. The lowest BCUT2D eigenvalue weighted by Crippen LogP contribution is -2.38. The van der Waals surface area contributed by atoms with Crippen molar-refractivity contribution in [2.24, 2.45) is 5.92 Å². The second kappa shape index (κ2) is 7.34. The number of benzene rings is 1. The second-order valence-corrected chi connectivity index (χ2v) is 7.14. The minimum Gasteiger partial charge on any atom is -0.342 e. The molecule has 1 amide bonds. The Morgan fingerprint density at radius 3 is 2.58 bits per heavy atom. The largest absolute Gasteiger partial charge is 0.342 e. The van der Waals surface area contributed by atoms with E-state index in [1.807, 2.05) is 16.4 Å². The molecule has 128 valence electrons. The number of piperidine rings is 1. The highest BCUT2D eigenvalue weighted by Crippen LogP contribution is 2.23. The lowest BCUT2D eigenvalue weighted by atomic mass is 9.99. The van der Waals surface area contributed by atoms with E-state index in [0.29, 0.717) is 22.7 Å². The Morgan fingerprint density at radius 2 is 1.92 bits per heavy atom. The first kappa shape index (κ1) is 17.0. The molecular formula is C17H21FN4OS. The minimum atomic E-state index is -0.284. The third-order valence-corrected chi connectivity index (χ3v) is 5.25. The summed E-state index contributed by atoms with van der Waals surface area (Å²) in [5.74, 6) is 1.61. The summed E-state index contributed by atoms with van der Waals surface area (Å²) in [6.45, 7) is 5.74. The third-order valence-electron chi connectivity index (χ3n) is 4.34. The molecule has 1 fully saturated rings. The van der Waals surface area contributed by atoms with Gasteiger partial charge in [0, 0.05) is 18.8 Å². The van der Waals surface area contributed by atoms with Gasteiger partial charge >= 0.3 is 0 Å². The van der Waals surface area contributed by atoms with Gasteiger partial charge in [-0.25, -0.2) is 4.39 Å². The normalized spacial score (nSPS) is 15.7. The first-order valence-electron chi connectivity index (χ1n) is 8.13. The summed E-state index contributed by atoms with van der Waals surface area (Å²) < 4.78 is 15.0. The van der Waals surface area contributed by atoms with Gasteiger partial charge in [0.05, 0.1) is 5.75 Å². The van der Waals surface area contributed by atoms with E-state index in [1.54, 1.807) is 12.1 Å². The Morgan fingerprint density at radius 1 is 1.25 bits per heavy atom. The number of hydrogen-bond donors (Lipinski definition) is 0. The van der Waals surface area contributed by atoms with Crippen LogP contribution in [-0.2, 0) is 4.79 Å². The first-order valence-corrected chi connectivity index (χ1v) is 9.11. The molecule has 0 saturated carbocycles. The SMILES string of the molecule is Cc1nnc(SCC(=O)N2CCC(C)CC2)n1-c1ccc(F)cc1. The highest BCUT2D eigenvalue weighted by atomic mass is 32.2. The lowest BCUT2D eigenvalue weighted by molar-refractivity contribution is -0.129. The van der Waals surface area contributed by atoms with Gasteiger partial charge in [0.25, 0.3) is 0 Å². The van der Waals surface area contributed by atoms with E-state index in [4.69, 9.17) is 0 Å². The molecule has 2 aromatic rings. The average Bonchev–Trinajstić information content (AvgIpc) is 2.95. The molecule has 0 bridgehead atoms. The van der Waals surface area contributed by atoms with E-state index in [1.165, 1.54) is 23.9 Å². The van der Waals surface area contributed by atoms with E-state index in [0.717, 1.165) is 31.6 Å². The molecule has 0 radical (unpaired) electrons. The van der Waals surface area contributed by atoms with Crippen LogP contribution in [0.25, 0.3) is 5.69 Å². The van der Waals surface area contributed by atoms with Crippen LogP contribution in [0.5, 0.6) is 0 Å². The highest BCUT2D eigenvalue weighted by Gasteiger charge is 2.21. The number of carbonyl (C=O) groups excluding carboxylic acids is 1. The summed E-state index contributed by atoms with van der Waals surface area (Å²) in [5, 5.41) is 8.90. The molecule has 0 N–H and O–H groups in total. The molecule has 7 heteroatoms. The molecule has 1 aromatic heterocycles. The number of rotatable bonds is 4. The van der Waals surface area contributed by atoms with E-state index >= 15 is 0 Å². The van der Waals surface area contributed by atoms with Crippen LogP contribution >= 0.6 is 11.8 Å². The zero-order valence-electron chi connectivity index (χ0n) is 13.9. The van der Waals surface area contributed by atoms with Gasteiger partial charge < -0.3 is 4.90 Å². The van der Waals surface area contributed by atoms with Crippen LogP contribution < -0.4 is 0 Å². The Bertz CT molecular complexity index is 708. The third kappa shape index (κ3) is 3.77. The van der Waals surface area contributed by atoms with Crippen molar-refractivity contribution in [2.75, 3.05) is 18.8 Å². The summed E-state index contributed by atoms with van der Waals surface area (Å²) in [6, 6.07) is 6.18. The maximum Gasteiger partial charge on any atom is 0.233 e. The van der Waals surface area contributed by atoms with Crippen LogP contribution in [0.2, 0.25) is 0 Å². The zero-order valence-corrected chi connectivity index (χ0v) is 14.7. The van der Waals surface area contributed by atoms with Crippen molar-refractivity contribution < 1.29 is 9.18 Å². The molecular weight excluding hydrogens is 327 g/mol. The Kier molecular flexibility index (Phi) is 5.18. The van der Waals surface area contributed by atoms with Gasteiger partial charge in [0.1, 0.15) is 11.6 Å². The van der Waals surface area contributed by atoms with Crippen molar-refractivity contribution >= 4 is 17.7 Å². The number of halogens is 1. The van der Waals surface area contributed by atoms with Crippen LogP contribution in [0.4, 0.5) is 4.39 Å². The molecule has 1 aliphatic rings. The lowest BCUT2D eigenvalue weighted by Gasteiger charge is -2.30. The maximum atomic E-state index is 13.1. The monoisotopic (exact) mass is 348 g/mol. The van der Waals surface area contributed by atoms with Gasteiger partial charge in [-0.1, -0.05) is 18.7 Å². The number of nitrogens with zero attached hydrogens (tertiary/aromatic N) is 4. The number of carbonyl (C=O) groups is 1. The molecule has 3 rings (SSSR count). The molecule has 1 saturated heterocycles. The first-order chi connectivity index (χ1) is 11.5. The van der Waals surface area contributed by atoms with Crippen LogP contribution in [0.3, 0.4) is 0 Å². The van der Waals surface area contributed by atoms with Gasteiger partial charge in [-0.05, 0) is 49.9 Å². The average molecular weight is 348 g/mol. The van der Waals surface area contributed by atoms with E-state index in [-0.39, 0.29) is 11.7 Å². The molecule has 0 unspecified atom stereocenters. The number of hydrogen-bond acceptors (Lipinski definition) is 4. The van der Waals surface area contributed by atoms with Gasteiger partial charge in [-0.2, -0.15) is 0 Å². The van der Waals surface area contributed by atoms with Crippen LogP contribution in [0, 0.1) is 18.7 Å². The smallest absolute Gasteiger partial charge is 0.233 e.